The molecule has 0 unspecified atom stereocenters. The number of β-lactam (4-membered cyclic amide) rings is 1. The number of carbonyl (C=O) groups is 3. The normalized spacial score (nSPS) is 21.5. The second-order valence-electron chi connectivity index (χ2n) is 6.17. The van der Waals surface area contributed by atoms with Crippen molar-refractivity contribution < 1.29 is 31.6 Å². The molecule has 28 heavy (non-hydrogen) atoms. The third-order valence-electron chi connectivity index (χ3n) is 4.09. The van der Waals surface area contributed by atoms with Crippen LogP contribution in [-0.2, 0) is 39.8 Å². The predicted octanol–water partition coefficient (Wildman–Crippen LogP) is -1.09. The van der Waals surface area contributed by atoms with Crippen LogP contribution in [0.25, 0.3) is 0 Å². The molecule has 148 valence electrons. The first kappa shape index (κ1) is 20.3. The number of rotatable bonds is 6. The van der Waals surface area contributed by atoms with E-state index >= 15 is 0 Å². The van der Waals surface area contributed by atoms with Crippen molar-refractivity contribution in [2.24, 2.45) is 0 Å². The lowest BCUT2D eigenvalue weighted by Crippen LogP contribution is -2.70. The molecule has 2 heterocycles. The van der Waals surface area contributed by atoms with E-state index in [0.717, 1.165) is 24.8 Å². The minimum absolute atomic E-state index is 0.0387. The van der Waals surface area contributed by atoms with Crippen LogP contribution in [-0.4, -0.2) is 62.6 Å². The highest BCUT2D eigenvalue weighted by molar-refractivity contribution is 8.00. The van der Waals surface area contributed by atoms with Crippen LogP contribution in [0.4, 0.5) is 0 Å². The van der Waals surface area contributed by atoms with Gasteiger partial charge < -0.3 is 14.2 Å². The Morgan fingerprint density at radius 1 is 1.32 bits per heavy atom. The molecule has 0 radical (unpaired) electrons. The SMILES string of the molecule is BOC(=O)C1=C(OS(C)(=O)=O)CS[C@@H]2[C@H](NC(=O)Cc3ccccc3)C(=O)N12. The molecule has 0 spiro atoms. The van der Waals surface area contributed by atoms with Gasteiger partial charge in [0.2, 0.25) is 5.91 Å². The molecule has 2 atom stereocenters. The maximum absolute atomic E-state index is 12.6. The smallest absolute Gasteiger partial charge is 0.340 e. The number of thioether (sulfide) groups is 1. The number of benzene rings is 1. The minimum atomic E-state index is -3.89. The first-order chi connectivity index (χ1) is 13.2. The van der Waals surface area contributed by atoms with Gasteiger partial charge in [0.25, 0.3) is 5.91 Å². The average Bonchev–Trinajstić information content (AvgIpc) is 2.64. The summed E-state index contributed by atoms with van der Waals surface area (Å²) in [5.74, 6) is -1.87. The van der Waals surface area contributed by atoms with Crippen LogP contribution >= 0.6 is 11.8 Å². The van der Waals surface area contributed by atoms with Gasteiger partial charge in [-0.3, -0.25) is 14.5 Å². The number of hydrogen-bond acceptors (Lipinski definition) is 8. The Morgan fingerprint density at radius 2 is 2.00 bits per heavy atom. The molecule has 0 aromatic heterocycles. The second-order valence-corrected chi connectivity index (χ2v) is 8.85. The standard InChI is InChI=1S/C16H17BN2O7S2/c1-28(23,24)26-10-8-27-15-12(14(21)19(15)13(10)16(22)25-17)18-11(20)7-9-5-3-2-4-6-9/h2-6,12,15H,7-8,17H2,1H3,(H,18,20)/t12-,15-/m1/s1. The summed E-state index contributed by atoms with van der Waals surface area (Å²) >= 11 is 1.19. The van der Waals surface area contributed by atoms with Crippen molar-refractivity contribution in [1.82, 2.24) is 10.2 Å². The number of nitrogens with one attached hydrogen (secondary N) is 1. The van der Waals surface area contributed by atoms with E-state index in [-0.39, 0.29) is 29.5 Å². The topological polar surface area (TPSA) is 119 Å². The fourth-order valence-corrected chi connectivity index (χ4v) is 4.76. The van der Waals surface area contributed by atoms with Crippen molar-refractivity contribution in [3.8, 4) is 0 Å². The van der Waals surface area contributed by atoms with Gasteiger partial charge in [0.15, 0.2) is 11.5 Å². The Kier molecular flexibility index (Phi) is 5.70. The number of amides is 2. The molecule has 2 amide bonds. The predicted molar refractivity (Wildman–Crippen MR) is 103 cm³/mol. The van der Waals surface area contributed by atoms with Crippen LogP contribution in [0.3, 0.4) is 0 Å². The van der Waals surface area contributed by atoms with Crippen molar-refractivity contribution in [2.75, 3.05) is 12.0 Å². The molecule has 0 aliphatic carbocycles. The molecule has 1 saturated heterocycles. The lowest BCUT2D eigenvalue weighted by Gasteiger charge is -2.49. The first-order valence-electron chi connectivity index (χ1n) is 8.20. The molecule has 0 saturated carbocycles. The van der Waals surface area contributed by atoms with Crippen molar-refractivity contribution >= 4 is 47.7 Å². The van der Waals surface area contributed by atoms with Gasteiger partial charge in [-0.1, -0.05) is 30.3 Å². The molecule has 1 aromatic rings. The molecule has 2 aliphatic heterocycles. The molecule has 1 aromatic carbocycles. The van der Waals surface area contributed by atoms with E-state index in [0.29, 0.717) is 0 Å². The highest BCUT2D eigenvalue weighted by Crippen LogP contribution is 2.41. The van der Waals surface area contributed by atoms with Crippen LogP contribution < -0.4 is 5.32 Å². The average molecular weight is 424 g/mol. The monoisotopic (exact) mass is 424 g/mol. The number of nitrogens with zero attached hydrogens (tertiary/aromatic N) is 1. The van der Waals surface area contributed by atoms with E-state index < -0.39 is 33.4 Å². The maximum Gasteiger partial charge on any atom is 0.340 e. The van der Waals surface area contributed by atoms with Crippen molar-refractivity contribution in [2.45, 2.75) is 17.8 Å². The van der Waals surface area contributed by atoms with E-state index in [9.17, 15) is 22.8 Å². The zero-order valence-electron chi connectivity index (χ0n) is 15.1. The zero-order valence-corrected chi connectivity index (χ0v) is 16.7. The summed E-state index contributed by atoms with van der Waals surface area (Å²) in [6, 6.07) is 8.25. The van der Waals surface area contributed by atoms with Crippen molar-refractivity contribution in [1.29, 1.82) is 0 Å². The Morgan fingerprint density at radius 3 is 2.61 bits per heavy atom. The summed E-state index contributed by atoms with van der Waals surface area (Å²) in [5, 5.41) is 2.12. The van der Waals surface area contributed by atoms with Crippen LogP contribution in [0.15, 0.2) is 41.8 Å². The molecule has 2 aliphatic rings. The molecule has 1 fully saturated rings. The second kappa shape index (κ2) is 7.88. The lowest BCUT2D eigenvalue weighted by atomic mass is 10.0. The summed E-state index contributed by atoms with van der Waals surface area (Å²) < 4.78 is 32.4. The summed E-state index contributed by atoms with van der Waals surface area (Å²) in [7, 11) is -2.77. The van der Waals surface area contributed by atoms with Gasteiger partial charge >= 0.3 is 24.1 Å². The first-order valence-corrected chi connectivity index (χ1v) is 11.1. The van der Waals surface area contributed by atoms with Gasteiger partial charge in [-0.15, -0.1) is 11.8 Å². The fourth-order valence-electron chi connectivity index (χ4n) is 2.93. The highest BCUT2D eigenvalue weighted by atomic mass is 32.2. The van der Waals surface area contributed by atoms with E-state index in [1.165, 1.54) is 11.8 Å². The van der Waals surface area contributed by atoms with Crippen LogP contribution in [0.2, 0.25) is 0 Å². The Balaban J connectivity index is 1.76. The van der Waals surface area contributed by atoms with Gasteiger partial charge in [0.1, 0.15) is 11.4 Å². The van der Waals surface area contributed by atoms with Gasteiger partial charge in [-0.25, -0.2) is 4.79 Å². The quantitative estimate of drug-likeness (QED) is 0.348. The highest BCUT2D eigenvalue weighted by Gasteiger charge is 2.55. The van der Waals surface area contributed by atoms with Crippen LogP contribution in [0.1, 0.15) is 5.56 Å². The summed E-state index contributed by atoms with van der Waals surface area (Å²) in [4.78, 5) is 38.1. The Labute approximate surface area is 167 Å². The number of hydrogen-bond donors (Lipinski definition) is 1. The van der Waals surface area contributed by atoms with E-state index in [1.54, 1.807) is 12.1 Å². The number of carbonyl (C=O) groups excluding carboxylic acids is 3. The molecular formula is C16H17BN2O7S2. The van der Waals surface area contributed by atoms with Gasteiger partial charge in [-0.2, -0.15) is 8.42 Å². The summed E-state index contributed by atoms with van der Waals surface area (Å²) in [5.41, 5.74) is 0.550. The zero-order chi connectivity index (χ0) is 20.5. The molecule has 1 N–H and O–H groups in total. The Hall–Kier alpha value is -2.47. The molecule has 3 rings (SSSR count). The Bertz CT molecular complexity index is 949. The molecule has 9 nitrogen and oxygen atoms in total. The fraction of sp³-hybridized carbons (Fsp3) is 0.312. The number of fused-ring (bicyclic) bond motifs is 1. The minimum Gasteiger partial charge on any atom is -0.539 e. The van der Waals surface area contributed by atoms with E-state index in [2.05, 4.69) is 9.97 Å². The largest absolute Gasteiger partial charge is 0.539 e. The van der Waals surface area contributed by atoms with E-state index in [4.69, 9.17) is 4.18 Å². The molecule has 0 bridgehead atoms. The van der Waals surface area contributed by atoms with Gasteiger partial charge in [0.05, 0.1) is 18.4 Å². The van der Waals surface area contributed by atoms with Crippen LogP contribution in [0.5, 0.6) is 0 Å². The molecule has 12 heteroatoms. The van der Waals surface area contributed by atoms with Crippen molar-refractivity contribution in [3.63, 3.8) is 0 Å². The van der Waals surface area contributed by atoms with Crippen molar-refractivity contribution in [3.05, 3.63) is 47.4 Å². The van der Waals surface area contributed by atoms with Crippen LogP contribution in [0, 0.1) is 0 Å². The third kappa shape index (κ3) is 4.17. The van der Waals surface area contributed by atoms with E-state index in [1.807, 2.05) is 18.2 Å². The third-order valence-corrected chi connectivity index (χ3v) is 5.85. The van der Waals surface area contributed by atoms with Gasteiger partial charge in [0, 0.05) is 0 Å². The molecular weight excluding hydrogens is 407 g/mol. The summed E-state index contributed by atoms with van der Waals surface area (Å²) in [6.07, 6.45) is 0.959. The lowest BCUT2D eigenvalue weighted by molar-refractivity contribution is -0.150. The summed E-state index contributed by atoms with van der Waals surface area (Å²) in [6.45, 7) is 0. The van der Waals surface area contributed by atoms with Gasteiger partial charge in [-0.05, 0) is 5.56 Å². The maximum atomic E-state index is 12.6.